The molecule has 0 fully saturated rings. The van der Waals surface area contributed by atoms with Gasteiger partial charge in [-0.3, -0.25) is 4.79 Å². The lowest BCUT2D eigenvalue weighted by atomic mass is 9.97. The van der Waals surface area contributed by atoms with Gasteiger partial charge in [-0.05, 0) is 30.2 Å². The van der Waals surface area contributed by atoms with Crippen molar-refractivity contribution < 1.29 is 14.3 Å². The molecule has 2 amide bonds. The van der Waals surface area contributed by atoms with E-state index in [1.54, 1.807) is 24.3 Å². The zero-order chi connectivity index (χ0) is 15.4. The van der Waals surface area contributed by atoms with Crippen molar-refractivity contribution in [2.45, 2.75) is 12.3 Å². The van der Waals surface area contributed by atoms with Gasteiger partial charge >= 0.3 is 6.09 Å². The summed E-state index contributed by atoms with van der Waals surface area (Å²) in [5, 5.41) is 5.51. The van der Waals surface area contributed by atoms with Gasteiger partial charge < -0.3 is 15.4 Å². The normalized spacial score (nSPS) is 15.8. The first-order valence-corrected chi connectivity index (χ1v) is 7.14. The molecule has 1 atom stereocenters. The number of carbonyl (C=O) groups excluding carboxylic acids is 2. The van der Waals surface area contributed by atoms with E-state index in [2.05, 4.69) is 10.6 Å². The third-order valence-electron chi connectivity index (χ3n) is 3.57. The molecule has 1 aliphatic heterocycles. The molecule has 22 heavy (non-hydrogen) atoms. The average molecular weight is 296 g/mol. The number of hydrogen-bond acceptors (Lipinski definition) is 3. The highest BCUT2D eigenvalue weighted by Gasteiger charge is 2.29. The Bertz CT molecular complexity index is 685. The molecular weight excluding hydrogens is 280 g/mol. The second kappa shape index (κ2) is 6.30. The van der Waals surface area contributed by atoms with E-state index in [0.29, 0.717) is 18.7 Å². The summed E-state index contributed by atoms with van der Waals surface area (Å²) in [6.45, 7) is 0.373. The van der Waals surface area contributed by atoms with Crippen LogP contribution in [0.1, 0.15) is 17.9 Å². The Morgan fingerprint density at radius 2 is 1.82 bits per heavy atom. The second-order valence-corrected chi connectivity index (χ2v) is 5.05. The van der Waals surface area contributed by atoms with E-state index in [4.69, 9.17) is 4.74 Å². The van der Waals surface area contributed by atoms with Gasteiger partial charge in [0, 0.05) is 12.2 Å². The minimum atomic E-state index is -0.516. The summed E-state index contributed by atoms with van der Waals surface area (Å²) < 4.78 is 5.12. The van der Waals surface area contributed by atoms with Crippen LogP contribution in [-0.2, 0) is 4.79 Å². The molecule has 0 bridgehead atoms. The predicted octanol–water partition coefficient (Wildman–Crippen LogP) is 2.90. The van der Waals surface area contributed by atoms with Crippen molar-refractivity contribution in [2.24, 2.45) is 0 Å². The van der Waals surface area contributed by atoms with Crippen molar-refractivity contribution in [1.82, 2.24) is 5.32 Å². The van der Waals surface area contributed by atoms with E-state index in [1.807, 2.05) is 30.3 Å². The van der Waals surface area contributed by atoms with Crippen molar-refractivity contribution >= 4 is 17.7 Å². The van der Waals surface area contributed by atoms with Crippen LogP contribution in [0.15, 0.2) is 54.6 Å². The second-order valence-electron chi connectivity index (χ2n) is 5.05. The molecule has 0 saturated heterocycles. The predicted molar refractivity (Wildman–Crippen MR) is 82.9 cm³/mol. The first-order chi connectivity index (χ1) is 10.7. The number of benzene rings is 2. The van der Waals surface area contributed by atoms with Gasteiger partial charge in [0.25, 0.3) is 0 Å². The highest BCUT2D eigenvalue weighted by Crippen LogP contribution is 2.33. The Kier molecular flexibility index (Phi) is 4.05. The zero-order valence-electron chi connectivity index (χ0n) is 11.9. The van der Waals surface area contributed by atoms with Crippen molar-refractivity contribution in [2.75, 3.05) is 11.9 Å². The number of amides is 2. The topological polar surface area (TPSA) is 67.4 Å². The van der Waals surface area contributed by atoms with E-state index in [1.165, 1.54) is 0 Å². The van der Waals surface area contributed by atoms with Gasteiger partial charge in [-0.1, -0.05) is 36.4 Å². The van der Waals surface area contributed by atoms with Crippen molar-refractivity contribution in [1.29, 1.82) is 0 Å². The molecule has 3 rings (SSSR count). The van der Waals surface area contributed by atoms with E-state index in [-0.39, 0.29) is 11.8 Å². The Balaban J connectivity index is 1.51. The average Bonchev–Trinajstić information content (AvgIpc) is 2.84. The quantitative estimate of drug-likeness (QED) is 0.911. The third-order valence-corrected chi connectivity index (χ3v) is 3.57. The Morgan fingerprint density at radius 1 is 1.09 bits per heavy atom. The molecule has 0 radical (unpaired) electrons. The monoisotopic (exact) mass is 296 g/mol. The van der Waals surface area contributed by atoms with E-state index < -0.39 is 6.09 Å². The first-order valence-electron chi connectivity index (χ1n) is 7.14. The first kappa shape index (κ1) is 14.1. The largest absolute Gasteiger partial charge is 0.412 e. The van der Waals surface area contributed by atoms with Crippen LogP contribution in [0.3, 0.4) is 0 Å². The Hall–Kier alpha value is -2.82. The van der Waals surface area contributed by atoms with Crippen LogP contribution in [0.25, 0.3) is 0 Å². The van der Waals surface area contributed by atoms with Crippen molar-refractivity contribution in [3.63, 3.8) is 0 Å². The molecule has 5 heteroatoms. The van der Waals surface area contributed by atoms with Gasteiger partial charge in [-0.2, -0.15) is 0 Å². The molecule has 0 spiro atoms. The molecule has 2 N–H and O–H groups in total. The maximum Gasteiger partial charge on any atom is 0.412 e. The molecule has 5 nitrogen and oxygen atoms in total. The fourth-order valence-electron chi connectivity index (χ4n) is 2.51. The minimum Gasteiger partial charge on any atom is -0.410 e. The van der Waals surface area contributed by atoms with Crippen molar-refractivity contribution in [3.8, 4) is 5.75 Å². The van der Waals surface area contributed by atoms with Crippen LogP contribution in [0.5, 0.6) is 5.75 Å². The molecule has 112 valence electrons. The third kappa shape index (κ3) is 3.09. The number of fused-ring (bicyclic) bond motifs is 1. The van der Waals surface area contributed by atoms with E-state index in [0.717, 1.165) is 11.3 Å². The van der Waals surface area contributed by atoms with Crippen LogP contribution in [0.4, 0.5) is 10.5 Å². The molecule has 2 aromatic rings. The Morgan fingerprint density at radius 3 is 2.64 bits per heavy atom. The number of hydrogen-bond donors (Lipinski definition) is 2. The molecule has 2 aromatic carbocycles. The summed E-state index contributed by atoms with van der Waals surface area (Å²) in [7, 11) is 0. The maximum absolute atomic E-state index is 11.9. The summed E-state index contributed by atoms with van der Waals surface area (Å²) in [5.41, 5.74) is 1.83. The fourth-order valence-corrected chi connectivity index (χ4v) is 2.51. The van der Waals surface area contributed by atoms with Crippen LogP contribution in [0.2, 0.25) is 0 Å². The van der Waals surface area contributed by atoms with Crippen LogP contribution < -0.4 is 15.4 Å². The molecule has 1 heterocycles. The van der Waals surface area contributed by atoms with Crippen LogP contribution >= 0.6 is 0 Å². The molecule has 0 aromatic heterocycles. The van der Waals surface area contributed by atoms with Crippen LogP contribution in [-0.4, -0.2) is 18.5 Å². The minimum absolute atomic E-state index is 0.0283. The summed E-state index contributed by atoms with van der Waals surface area (Å²) >= 11 is 0. The number of para-hydroxylation sites is 2. The number of ether oxygens (including phenoxy) is 1. The number of nitrogens with one attached hydrogen (secondary N) is 2. The number of anilines is 1. The van der Waals surface area contributed by atoms with Gasteiger partial charge in [-0.25, -0.2) is 4.79 Å². The lowest BCUT2D eigenvalue weighted by Gasteiger charge is -2.10. The van der Waals surface area contributed by atoms with E-state index >= 15 is 0 Å². The van der Waals surface area contributed by atoms with Gasteiger partial charge in [0.15, 0.2) is 0 Å². The summed E-state index contributed by atoms with van der Waals surface area (Å²) in [5.74, 6) is 0.233. The molecule has 1 unspecified atom stereocenters. The summed E-state index contributed by atoms with van der Waals surface area (Å²) in [6, 6.07) is 16.5. The smallest absolute Gasteiger partial charge is 0.410 e. The van der Waals surface area contributed by atoms with Gasteiger partial charge in [0.1, 0.15) is 5.75 Å². The molecule has 0 aliphatic carbocycles. The Labute approximate surface area is 128 Å². The maximum atomic E-state index is 11.9. The van der Waals surface area contributed by atoms with E-state index in [9.17, 15) is 9.59 Å². The number of rotatable bonds is 4. The summed E-state index contributed by atoms with van der Waals surface area (Å²) in [4.78, 5) is 23.6. The molecule has 1 aliphatic rings. The SMILES string of the molecule is O=C(NCCC1C(=O)Nc2ccccc21)Oc1ccccc1. The standard InChI is InChI=1S/C17H16N2O3/c20-16-14(13-8-4-5-9-15(13)19-16)10-11-18-17(21)22-12-6-2-1-3-7-12/h1-9,14H,10-11H2,(H,18,21)(H,19,20). The zero-order valence-corrected chi connectivity index (χ0v) is 11.9. The molecule has 0 saturated carbocycles. The number of carbonyl (C=O) groups is 2. The lowest BCUT2D eigenvalue weighted by Crippen LogP contribution is -2.29. The highest BCUT2D eigenvalue weighted by atomic mass is 16.6. The highest BCUT2D eigenvalue weighted by molar-refractivity contribution is 6.02. The van der Waals surface area contributed by atoms with Crippen molar-refractivity contribution in [3.05, 3.63) is 60.2 Å². The van der Waals surface area contributed by atoms with Gasteiger partial charge in [0.05, 0.1) is 5.92 Å². The van der Waals surface area contributed by atoms with Gasteiger partial charge in [-0.15, -0.1) is 0 Å². The lowest BCUT2D eigenvalue weighted by molar-refractivity contribution is -0.117. The fraction of sp³-hybridized carbons (Fsp3) is 0.176. The van der Waals surface area contributed by atoms with Crippen LogP contribution in [0, 0.1) is 0 Å². The van der Waals surface area contributed by atoms with Gasteiger partial charge in [0.2, 0.25) is 5.91 Å². The molecular formula is C17H16N2O3. The summed E-state index contributed by atoms with van der Waals surface area (Å²) in [6.07, 6.45) is 0.0186.